The lowest BCUT2D eigenvalue weighted by molar-refractivity contribution is 0.0696. The molecule has 1 amide bonds. The molecule has 1 aromatic carbocycles. The van der Waals surface area contributed by atoms with Crippen molar-refractivity contribution in [1.82, 2.24) is 4.90 Å². The van der Waals surface area contributed by atoms with Gasteiger partial charge < -0.3 is 14.4 Å². The minimum atomic E-state index is -0.203. The summed E-state index contributed by atoms with van der Waals surface area (Å²) in [6.07, 6.45) is 0.269. The normalized spacial score (nSPS) is 9.90. The van der Waals surface area contributed by atoms with E-state index < -0.39 is 0 Å². The molecule has 5 nitrogen and oxygen atoms in total. The van der Waals surface area contributed by atoms with Gasteiger partial charge in [0.15, 0.2) is 0 Å². The summed E-state index contributed by atoms with van der Waals surface area (Å²) in [6, 6.07) is 6.88. The van der Waals surface area contributed by atoms with Crippen molar-refractivity contribution in [3.63, 3.8) is 0 Å². The number of methoxy groups -OCH3 is 2. The predicted octanol–water partition coefficient (Wildman–Crippen LogP) is 2.35. The Balaban J connectivity index is 2.95. The van der Waals surface area contributed by atoms with Gasteiger partial charge >= 0.3 is 0 Å². The Morgan fingerprint density at radius 3 is 2.75 bits per heavy atom. The van der Waals surface area contributed by atoms with Crippen molar-refractivity contribution in [1.29, 1.82) is 5.26 Å². The molecule has 0 saturated carbocycles. The average molecular weight is 297 g/mol. The van der Waals surface area contributed by atoms with Crippen LogP contribution in [0.2, 0.25) is 5.02 Å². The van der Waals surface area contributed by atoms with Gasteiger partial charge in [0.1, 0.15) is 5.75 Å². The molecule has 0 heterocycles. The number of carbonyl (C=O) groups excluding carboxylic acids is 1. The Morgan fingerprint density at radius 1 is 1.40 bits per heavy atom. The number of nitrogens with zero attached hydrogens (tertiary/aromatic N) is 2. The van der Waals surface area contributed by atoms with Crippen LogP contribution in [0.5, 0.6) is 5.75 Å². The van der Waals surface area contributed by atoms with Crippen LogP contribution in [-0.2, 0) is 4.74 Å². The fourth-order valence-corrected chi connectivity index (χ4v) is 1.88. The van der Waals surface area contributed by atoms with E-state index in [4.69, 9.17) is 26.3 Å². The molecule has 0 aliphatic carbocycles. The van der Waals surface area contributed by atoms with Crippen LogP contribution in [0.1, 0.15) is 16.8 Å². The summed E-state index contributed by atoms with van der Waals surface area (Å²) < 4.78 is 10.2. The molecule has 0 saturated heterocycles. The van der Waals surface area contributed by atoms with Gasteiger partial charge in [-0.2, -0.15) is 5.26 Å². The first kappa shape index (κ1) is 16.3. The van der Waals surface area contributed by atoms with Crippen molar-refractivity contribution in [2.75, 3.05) is 33.9 Å². The minimum Gasteiger partial charge on any atom is -0.496 e. The first-order valence-electron chi connectivity index (χ1n) is 6.12. The number of benzene rings is 1. The molecule has 0 bridgehead atoms. The zero-order chi connectivity index (χ0) is 15.0. The number of hydrogen-bond acceptors (Lipinski definition) is 4. The summed E-state index contributed by atoms with van der Waals surface area (Å²) in [7, 11) is 3.05. The molecule has 0 aromatic heterocycles. The van der Waals surface area contributed by atoms with E-state index in [1.54, 1.807) is 30.2 Å². The summed E-state index contributed by atoms with van der Waals surface area (Å²) in [4.78, 5) is 14.1. The maximum absolute atomic E-state index is 12.5. The summed E-state index contributed by atoms with van der Waals surface area (Å²) in [5.41, 5.74) is 0.422. The second-order valence-electron chi connectivity index (χ2n) is 4.04. The Labute approximate surface area is 123 Å². The average Bonchev–Trinajstić information content (AvgIpc) is 2.46. The SMILES string of the molecule is COCCN(CCC#N)C(=O)c1ccc(Cl)cc1OC. The van der Waals surface area contributed by atoms with E-state index in [9.17, 15) is 4.79 Å². The Kier molecular flexibility index (Phi) is 6.85. The van der Waals surface area contributed by atoms with Gasteiger partial charge in [0.25, 0.3) is 5.91 Å². The molecule has 6 heteroatoms. The molecular formula is C14H17ClN2O3. The molecule has 0 spiro atoms. The fraction of sp³-hybridized carbons (Fsp3) is 0.429. The van der Waals surface area contributed by atoms with Crippen LogP contribution < -0.4 is 4.74 Å². The van der Waals surface area contributed by atoms with Crippen LogP contribution >= 0.6 is 11.6 Å². The van der Waals surface area contributed by atoms with Crippen LogP contribution in [-0.4, -0.2) is 44.7 Å². The van der Waals surface area contributed by atoms with Gasteiger partial charge in [0.05, 0.1) is 31.8 Å². The molecule has 0 aliphatic rings. The summed E-state index contributed by atoms with van der Waals surface area (Å²) in [6.45, 7) is 1.18. The number of halogens is 1. The van der Waals surface area contributed by atoms with E-state index in [0.29, 0.717) is 36.0 Å². The lowest BCUT2D eigenvalue weighted by atomic mass is 10.1. The smallest absolute Gasteiger partial charge is 0.257 e. The molecule has 108 valence electrons. The molecule has 20 heavy (non-hydrogen) atoms. The third kappa shape index (κ3) is 4.41. The van der Waals surface area contributed by atoms with Crippen LogP contribution in [0, 0.1) is 11.3 Å². The highest BCUT2D eigenvalue weighted by molar-refractivity contribution is 6.30. The van der Waals surface area contributed by atoms with Gasteiger partial charge in [-0.25, -0.2) is 0 Å². The van der Waals surface area contributed by atoms with Gasteiger partial charge in [0, 0.05) is 25.2 Å². The van der Waals surface area contributed by atoms with E-state index in [-0.39, 0.29) is 12.3 Å². The van der Waals surface area contributed by atoms with Gasteiger partial charge in [-0.15, -0.1) is 0 Å². The first-order chi connectivity index (χ1) is 9.63. The third-order valence-electron chi connectivity index (χ3n) is 2.74. The van der Waals surface area contributed by atoms with E-state index in [0.717, 1.165) is 0 Å². The molecule has 1 aromatic rings. The predicted molar refractivity (Wildman–Crippen MR) is 76.0 cm³/mol. The molecule has 0 N–H and O–H groups in total. The second-order valence-corrected chi connectivity index (χ2v) is 4.47. The second kappa shape index (κ2) is 8.41. The minimum absolute atomic E-state index is 0.203. The molecule has 0 aliphatic heterocycles. The topological polar surface area (TPSA) is 62.6 Å². The molecule has 0 radical (unpaired) electrons. The lowest BCUT2D eigenvalue weighted by Crippen LogP contribution is -2.34. The van der Waals surface area contributed by atoms with Gasteiger partial charge in [0.2, 0.25) is 0 Å². The molecular weight excluding hydrogens is 280 g/mol. The number of carbonyl (C=O) groups is 1. The van der Waals surface area contributed by atoms with Crippen LogP contribution in [0.25, 0.3) is 0 Å². The van der Waals surface area contributed by atoms with Crippen molar-refractivity contribution in [3.05, 3.63) is 28.8 Å². The summed E-state index contributed by atoms with van der Waals surface area (Å²) >= 11 is 5.88. The highest BCUT2D eigenvalue weighted by Crippen LogP contribution is 2.24. The maximum Gasteiger partial charge on any atom is 0.257 e. The maximum atomic E-state index is 12.5. The quantitative estimate of drug-likeness (QED) is 0.775. The Morgan fingerprint density at radius 2 is 2.15 bits per heavy atom. The monoisotopic (exact) mass is 296 g/mol. The van der Waals surface area contributed by atoms with Crippen molar-refractivity contribution in [2.24, 2.45) is 0 Å². The van der Waals surface area contributed by atoms with Crippen LogP contribution in [0.4, 0.5) is 0 Å². The van der Waals surface area contributed by atoms with Gasteiger partial charge in [-0.1, -0.05) is 11.6 Å². The van der Waals surface area contributed by atoms with Crippen LogP contribution in [0.15, 0.2) is 18.2 Å². The number of amides is 1. The largest absolute Gasteiger partial charge is 0.496 e. The van der Waals surface area contributed by atoms with Gasteiger partial charge in [-0.05, 0) is 18.2 Å². The van der Waals surface area contributed by atoms with Gasteiger partial charge in [-0.3, -0.25) is 4.79 Å². The van der Waals surface area contributed by atoms with E-state index >= 15 is 0 Å². The molecule has 1 rings (SSSR count). The van der Waals surface area contributed by atoms with Crippen LogP contribution in [0.3, 0.4) is 0 Å². The third-order valence-corrected chi connectivity index (χ3v) is 2.98. The summed E-state index contributed by atoms with van der Waals surface area (Å²) in [5.74, 6) is 0.215. The summed E-state index contributed by atoms with van der Waals surface area (Å²) in [5, 5.41) is 9.17. The number of hydrogen-bond donors (Lipinski definition) is 0. The Bertz CT molecular complexity index is 500. The zero-order valence-corrected chi connectivity index (χ0v) is 12.3. The van der Waals surface area contributed by atoms with Crippen molar-refractivity contribution in [2.45, 2.75) is 6.42 Å². The van der Waals surface area contributed by atoms with E-state index in [2.05, 4.69) is 0 Å². The van der Waals surface area contributed by atoms with E-state index in [1.165, 1.54) is 7.11 Å². The standard InChI is InChI=1S/C14H17ClN2O3/c1-19-9-8-17(7-3-6-16)14(18)12-5-4-11(15)10-13(12)20-2/h4-5,10H,3,7-9H2,1-2H3. The number of nitriles is 1. The molecule has 0 fully saturated rings. The number of ether oxygens (including phenoxy) is 2. The molecule has 0 atom stereocenters. The van der Waals surface area contributed by atoms with Crippen molar-refractivity contribution >= 4 is 17.5 Å². The van der Waals surface area contributed by atoms with E-state index in [1.807, 2.05) is 6.07 Å². The highest BCUT2D eigenvalue weighted by atomic mass is 35.5. The fourth-order valence-electron chi connectivity index (χ4n) is 1.71. The van der Waals surface area contributed by atoms with Crippen molar-refractivity contribution in [3.8, 4) is 11.8 Å². The van der Waals surface area contributed by atoms with Crippen molar-refractivity contribution < 1.29 is 14.3 Å². The molecule has 0 unspecified atom stereocenters. The lowest BCUT2D eigenvalue weighted by Gasteiger charge is -2.22. The highest BCUT2D eigenvalue weighted by Gasteiger charge is 2.19. The number of rotatable bonds is 7. The zero-order valence-electron chi connectivity index (χ0n) is 11.6. The first-order valence-corrected chi connectivity index (χ1v) is 6.50. The Hall–Kier alpha value is -1.77.